The zero-order valence-corrected chi connectivity index (χ0v) is 13.6. The third kappa shape index (κ3) is 4.35. The van der Waals surface area contributed by atoms with Gasteiger partial charge in [0.2, 0.25) is 5.91 Å². The summed E-state index contributed by atoms with van der Waals surface area (Å²) >= 11 is 7.97. The molecular weight excluding hydrogens is 389 g/mol. The van der Waals surface area contributed by atoms with Gasteiger partial charge in [-0.1, -0.05) is 17.7 Å². The van der Waals surface area contributed by atoms with E-state index in [0.29, 0.717) is 10.8 Å². The summed E-state index contributed by atoms with van der Waals surface area (Å²) in [6.07, 6.45) is 1.49. The fourth-order valence-electron chi connectivity index (χ4n) is 1.58. The highest BCUT2D eigenvalue weighted by molar-refractivity contribution is 14.1. The van der Waals surface area contributed by atoms with Crippen LogP contribution in [0, 0.1) is 3.57 Å². The molecule has 0 saturated carbocycles. The Hall–Kier alpha value is -1.34. The monoisotopic (exact) mass is 401 g/mol. The van der Waals surface area contributed by atoms with Gasteiger partial charge in [0.15, 0.2) is 0 Å². The summed E-state index contributed by atoms with van der Waals surface area (Å²) in [5.41, 5.74) is 0.906. The molecule has 6 heteroatoms. The van der Waals surface area contributed by atoms with Gasteiger partial charge in [-0.15, -0.1) is 0 Å². The summed E-state index contributed by atoms with van der Waals surface area (Å²) in [6.45, 7) is 1.80. The van der Waals surface area contributed by atoms with Crippen molar-refractivity contribution < 1.29 is 4.79 Å². The standard InChI is InChI=1S/C14H13ClIN3O/c1-9(18-12-4-2-3-11(16)7-12)14(20)19-13-6-5-10(15)8-17-13/h2-9,18H,1H3,(H,17,19,20)/t9-/m1/s1. The Kier molecular flexibility index (Phi) is 5.19. The third-order valence-electron chi connectivity index (χ3n) is 2.58. The van der Waals surface area contributed by atoms with E-state index in [1.165, 1.54) is 6.20 Å². The third-order valence-corrected chi connectivity index (χ3v) is 3.47. The molecule has 0 saturated heterocycles. The van der Waals surface area contributed by atoms with E-state index in [9.17, 15) is 4.79 Å². The van der Waals surface area contributed by atoms with E-state index in [-0.39, 0.29) is 11.9 Å². The van der Waals surface area contributed by atoms with E-state index in [1.54, 1.807) is 19.1 Å². The molecule has 1 aromatic heterocycles. The topological polar surface area (TPSA) is 54.0 Å². The number of nitrogens with one attached hydrogen (secondary N) is 2. The van der Waals surface area contributed by atoms with Crippen LogP contribution in [0.4, 0.5) is 11.5 Å². The number of carbonyl (C=O) groups is 1. The highest BCUT2D eigenvalue weighted by Gasteiger charge is 2.13. The SMILES string of the molecule is C[C@@H](Nc1cccc(I)c1)C(=O)Nc1ccc(Cl)cn1. The molecule has 4 nitrogen and oxygen atoms in total. The van der Waals surface area contributed by atoms with Crippen LogP contribution in [0.1, 0.15) is 6.92 Å². The first-order valence-electron chi connectivity index (χ1n) is 5.99. The number of anilines is 2. The number of hydrogen-bond donors (Lipinski definition) is 2. The van der Waals surface area contributed by atoms with Crippen molar-refractivity contribution >= 4 is 51.6 Å². The van der Waals surface area contributed by atoms with Crippen molar-refractivity contribution in [2.75, 3.05) is 10.6 Å². The molecule has 2 N–H and O–H groups in total. The van der Waals surface area contributed by atoms with Crippen LogP contribution < -0.4 is 10.6 Å². The quantitative estimate of drug-likeness (QED) is 0.767. The Balaban J connectivity index is 1.96. The second-order valence-corrected chi connectivity index (χ2v) is 5.91. The van der Waals surface area contributed by atoms with Gasteiger partial charge in [0.05, 0.1) is 5.02 Å². The number of aromatic nitrogens is 1. The Morgan fingerprint density at radius 3 is 2.80 bits per heavy atom. The average molecular weight is 402 g/mol. The van der Waals surface area contributed by atoms with Crippen molar-refractivity contribution in [3.8, 4) is 0 Å². The molecule has 20 heavy (non-hydrogen) atoms. The second kappa shape index (κ2) is 6.90. The summed E-state index contributed by atoms with van der Waals surface area (Å²) in [6, 6.07) is 10.8. The second-order valence-electron chi connectivity index (χ2n) is 4.23. The number of halogens is 2. The molecule has 1 atom stereocenters. The first kappa shape index (κ1) is 15.1. The van der Waals surface area contributed by atoms with Gasteiger partial charge in [0, 0.05) is 15.5 Å². The van der Waals surface area contributed by atoms with Gasteiger partial charge in [-0.25, -0.2) is 4.98 Å². The molecule has 0 aliphatic heterocycles. The Bertz CT molecular complexity index is 604. The van der Waals surface area contributed by atoms with Gasteiger partial charge < -0.3 is 10.6 Å². The molecule has 0 unspecified atom stereocenters. The molecule has 1 aromatic carbocycles. The predicted molar refractivity (Wildman–Crippen MR) is 90.1 cm³/mol. The van der Waals surface area contributed by atoms with Crippen molar-refractivity contribution in [1.82, 2.24) is 4.98 Å². The lowest BCUT2D eigenvalue weighted by Gasteiger charge is -2.15. The number of carbonyl (C=O) groups excluding carboxylic acids is 1. The molecule has 104 valence electrons. The predicted octanol–water partition coefficient (Wildman–Crippen LogP) is 3.78. The van der Waals surface area contributed by atoms with Gasteiger partial charge in [-0.05, 0) is 59.8 Å². The molecule has 2 aromatic rings. The zero-order chi connectivity index (χ0) is 14.5. The summed E-state index contributed by atoms with van der Waals surface area (Å²) < 4.78 is 1.11. The van der Waals surface area contributed by atoms with Crippen LogP contribution in [-0.4, -0.2) is 16.9 Å². The van der Waals surface area contributed by atoms with Crippen LogP contribution in [0.25, 0.3) is 0 Å². The Labute approximate surface area is 136 Å². The van der Waals surface area contributed by atoms with Gasteiger partial charge in [-0.2, -0.15) is 0 Å². The highest BCUT2D eigenvalue weighted by Crippen LogP contribution is 2.14. The van der Waals surface area contributed by atoms with Crippen LogP contribution >= 0.6 is 34.2 Å². The van der Waals surface area contributed by atoms with Crippen LogP contribution in [0.3, 0.4) is 0 Å². The molecular formula is C14H13ClIN3O. The summed E-state index contributed by atoms with van der Waals surface area (Å²) in [7, 11) is 0. The summed E-state index contributed by atoms with van der Waals surface area (Å²) in [4.78, 5) is 16.1. The molecule has 0 bridgehead atoms. The molecule has 1 heterocycles. The van der Waals surface area contributed by atoms with E-state index in [0.717, 1.165) is 9.26 Å². The fourth-order valence-corrected chi connectivity index (χ4v) is 2.23. The first-order chi connectivity index (χ1) is 9.54. The van der Waals surface area contributed by atoms with E-state index >= 15 is 0 Å². The van der Waals surface area contributed by atoms with Crippen molar-refractivity contribution in [3.05, 3.63) is 51.2 Å². The smallest absolute Gasteiger partial charge is 0.247 e. The van der Waals surface area contributed by atoms with E-state index in [4.69, 9.17) is 11.6 Å². The minimum atomic E-state index is -0.370. The number of pyridine rings is 1. The van der Waals surface area contributed by atoms with E-state index < -0.39 is 0 Å². The lowest BCUT2D eigenvalue weighted by Crippen LogP contribution is -2.32. The molecule has 0 radical (unpaired) electrons. The van der Waals surface area contributed by atoms with E-state index in [2.05, 4.69) is 38.2 Å². The van der Waals surface area contributed by atoms with Gasteiger partial charge in [0.25, 0.3) is 0 Å². The summed E-state index contributed by atoms with van der Waals surface area (Å²) in [5.74, 6) is 0.328. The Morgan fingerprint density at radius 2 is 2.15 bits per heavy atom. The van der Waals surface area contributed by atoms with Crippen LogP contribution in [0.2, 0.25) is 5.02 Å². The first-order valence-corrected chi connectivity index (χ1v) is 7.45. The van der Waals surface area contributed by atoms with Gasteiger partial charge >= 0.3 is 0 Å². The van der Waals surface area contributed by atoms with Gasteiger partial charge in [0.1, 0.15) is 11.9 Å². The van der Waals surface area contributed by atoms with Crippen LogP contribution in [0.15, 0.2) is 42.6 Å². The minimum Gasteiger partial charge on any atom is -0.374 e. The maximum absolute atomic E-state index is 12.0. The number of amides is 1. The highest BCUT2D eigenvalue weighted by atomic mass is 127. The molecule has 0 aliphatic carbocycles. The van der Waals surface area contributed by atoms with Crippen molar-refractivity contribution in [2.24, 2.45) is 0 Å². The Morgan fingerprint density at radius 1 is 1.35 bits per heavy atom. The number of nitrogens with zero attached hydrogens (tertiary/aromatic N) is 1. The normalized spacial score (nSPS) is 11.8. The summed E-state index contributed by atoms with van der Waals surface area (Å²) in [5, 5.41) is 6.41. The molecule has 0 fully saturated rings. The van der Waals surface area contributed by atoms with Crippen molar-refractivity contribution in [2.45, 2.75) is 13.0 Å². The van der Waals surface area contributed by atoms with Crippen molar-refractivity contribution in [3.63, 3.8) is 0 Å². The maximum atomic E-state index is 12.0. The largest absolute Gasteiger partial charge is 0.374 e. The van der Waals surface area contributed by atoms with Crippen LogP contribution in [0.5, 0.6) is 0 Å². The maximum Gasteiger partial charge on any atom is 0.247 e. The number of rotatable bonds is 4. The molecule has 1 amide bonds. The van der Waals surface area contributed by atoms with Gasteiger partial charge in [-0.3, -0.25) is 4.79 Å². The van der Waals surface area contributed by atoms with Crippen LogP contribution in [-0.2, 0) is 4.79 Å². The minimum absolute atomic E-state index is 0.154. The van der Waals surface area contributed by atoms with Crippen molar-refractivity contribution in [1.29, 1.82) is 0 Å². The fraction of sp³-hybridized carbons (Fsp3) is 0.143. The van der Waals surface area contributed by atoms with E-state index in [1.807, 2.05) is 24.3 Å². The number of hydrogen-bond acceptors (Lipinski definition) is 3. The lowest BCUT2D eigenvalue weighted by atomic mass is 10.2. The molecule has 2 rings (SSSR count). The average Bonchev–Trinajstić information content (AvgIpc) is 2.41. The lowest BCUT2D eigenvalue weighted by molar-refractivity contribution is -0.116. The molecule has 0 aliphatic rings. The number of benzene rings is 1. The molecule has 0 spiro atoms. The zero-order valence-electron chi connectivity index (χ0n) is 10.7.